The minimum Gasteiger partial charge on any atom is -0.309 e. The van der Waals surface area contributed by atoms with Crippen LogP contribution in [0.5, 0.6) is 0 Å². The van der Waals surface area contributed by atoms with E-state index in [1.807, 2.05) is 64.4 Å². The number of nitrogens with zero attached hydrogens (tertiary/aromatic N) is 5. The van der Waals surface area contributed by atoms with Crippen LogP contribution in [-0.2, 0) is 0 Å². The minimum atomic E-state index is -0.532. The third-order valence-corrected chi connectivity index (χ3v) is 24.1. The van der Waals surface area contributed by atoms with Gasteiger partial charge in [0.2, 0.25) is 0 Å². The molecule has 6 heterocycles. The second-order valence-corrected chi connectivity index (χ2v) is 30.2. The van der Waals surface area contributed by atoms with Crippen molar-refractivity contribution in [2.45, 2.75) is 0 Å². The molecule has 0 bridgehead atoms. The molecule has 24 aromatic rings. The lowest BCUT2D eigenvalue weighted by Gasteiger charge is -2.14. The van der Waals surface area contributed by atoms with Crippen molar-refractivity contribution in [3.8, 4) is 84.1 Å². The number of rotatable bonds is 10. The van der Waals surface area contributed by atoms with Gasteiger partial charge in [0.05, 0.1) is 68.9 Å². The first-order valence-electron chi connectivity index (χ1n) is 43.3. The summed E-state index contributed by atoms with van der Waals surface area (Å²) in [6, 6.07) is 122. The lowest BCUT2D eigenvalue weighted by molar-refractivity contribution is 1.14. The SMILES string of the molecule is [2H]c1c([2H])c([2H])c(-c2cc(-c3c([2H])c([2H])c([2H])c([2H])c3[2H])cc(-n3c4ccccc4c4cc(-c5ccc6c(c5)c5ccccc5n6-c5ccccc5)ccc43)c2)c([2H])c1[2H].c1ccc2c(c1)sc1c(-c3ccc(-n4c5ccccc5c5cc(-c6ccc7c(c6)c6ccccc6n7-c6ccc(-n7c8ccccc8c8ccccc87)cc6)ccc54)cc3)cccc12. The molecule has 0 N–H and O–H groups in total. The van der Waals surface area contributed by atoms with Gasteiger partial charge in [-0.2, -0.15) is 0 Å². The lowest BCUT2D eigenvalue weighted by Crippen LogP contribution is -1.97. The van der Waals surface area contributed by atoms with Crippen LogP contribution in [0.3, 0.4) is 0 Å². The number of para-hydroxylation sites is 7. The summed E-state index contributed by atoms with van der Waals surface area (Å²) < 4.78 is 99.7. The van der Waals surface area contributed by atoms with E-state index in [4.69, 9.17) is 13.7 Å². The zero-order chi connectivity index (χ0) is 83.6. The Morgan fingerprint density at radius 1 is 0.175 bits per heavy atom. The van der Waals surface area contributed by atoms with Crippen LogP contribution in [0.15, 0.2) is 418 Å². The van der Waals surface area contributed by atoms with E-state index in [0.717, 1.165) is 77.5 Å². The molecule has 0 radical (unpaired) electrons. The van der Waals surface area contributed by atoms with Crippen LogP contribution in [0.25, 0.3) is 213 Å². The lowest BCUT2D eigenvalue weighted by atomic mass is 9.98. The van der Waals surface area contributed by atoms with Gasteiger partial charge in [-0.05, 0) is 213 Å². The van der Waals surface area contributed by atoms with Gasteiger partial charge in [0.15, 0.2) is 0 Å². The van der Waals surface area contributed by atoms with Crippen molar-refractivity contribution in [3.63, 3.8) is 0 Å². The van der Waals surface area contributed by atoms with Crippen LogP contribution in [0.2, 0.25) is 0 Å². The molecular weight excluding hydrogens is 1400 g/mol. The first kappa shape index (κ1) is 55.6. The highest BCUT2D eigenvalue weighted by molar-refractivity contribution is 7.26. The quantitative estimate of drug-likeness (QED) is 0.130. The first-order valence-corrected chi connectivity index (χ1v) is 39.1. The normalized spacial score (nSPS) is 13.1. The van der Waals surface area contributed by atoms with E-state index in [2.05, 4.69) is 309 Å². The molecule has 114 heavy (non-hydrogen) atoms. The van der Waals surface area contributed by atoms with Crippen molar-refractivity contribution in [3.05, 3.63) is 418 Å². The molecule has 18 aromatic carbocycles. The van der Waals surface area contributed by atoms with Gasteiger partial charge in [0, 0.05) is 102 Å². The average Bonchev–Trinajstić information content (AvgIpc) is 1.53. The highest BCUT2D eigenvalue weighted by Crippen LogP contribution is 2.45. The molecule has 0 saturated heterocycles. The van der Waals surface area contributed by atoms with Crippen LogP contribution in [0.1, 0.15) is 13.7 Å². The molecule has 0 atom stereocenters. The minimum absolute atomic E-state index is 0.0662. The van der Waals surface area contributed by atoms with Gasteiger partial charge in [-0.3, -0.25) is 0 Å². The van der Waals surface area contributed by atoms with E-state index in [1.54, 1.807) is 12.1 Å². The third-order valence-electron chi connectivity index (χ3n) is 22.9. The molecule has 24 rings (SSSR count). The Balaban J connectivity index is 0.000000144. The Labute approximate surface area is 675 Å². The highest BCUT2D eigenvalue weighted by atomic mass is 32.1. The molecular formula is C108H69N5S. The Bertz CT molecular complexity index is 8430. The van der Waals surface area contributed by atoms with Crippen molar-refractivity contribution in [1.82, 2.24) is 22.8 Å². The van der Waals surface area contributed by atoms with Gasteiger partial charge in [0.25, 0.3) is 0 Å². The van der Waals surface area contributed by atoms with Crippen molar-refractivity contribution in [2.24, 2.45) is 0 Å². The molecule has 6 aromatic heterocycles. The van der Waals surface area contributed by atoms with Crippen molar-refractivity contribution < 1.29 is 13.7 Å². The van der Waals surface area contributed by atoms with Gasteiger partial charge < -0.3 is 22.8 Å². The zero-order valence-electron chi connectivity index (χ0n) is 71.2. The van der Waals surface area contributed by atoms with Crippen molar-refractivity contribution in [1.29, 1.82) is 0 Å². The van der Waals surface area contributed by atoms with E-state index < -0.39 is 60.4 Å². The maximum absolute atomic E-state index is 8.84. The smallest absolute Gasteiger partial charge is 0.0629 e. The Morgan fingerprint density at radius 3 is 0.851 bits per heavy atom. The number of hydrogen-bond acceptors (Lipinski definition) is 1. The zero-order valence-corrected chi connectivity index (χ0v) is 62.0. The largest absolute Gasteiger partial charge is 0.309 e. The predicted molar refractivity (Wildman–Crippen MR) is 485 cm³/mol. The third kappa shape index (κ3) is 10.5. The van der Waals surface area contributed by atoms with E-state index in [-0.39, 0.29) is 22.3 Å². The summed E-state index contributed by atoms with van der Waals surface area (Å²) in [4.78, 5) is 0. The standard InChI is InChI=1S/C60H37N3S.C48H32N2/c1-6-19-53-45(12-1)46-13-2-7-20-54(46)61(53)42-30-32-43(33-31-42)63-56-22-9-4-15-48(56)52-37-40(27-35-58(52)63)39-26-34-57-51(36-39)47-14-3-8-21-55(47)62(57)41-28-24-38(25-29-41)44-17-11-18-50-49-16-5-10-23-59(49)64-60(44)50;1-4-14-33(15-5-1)37-28-38(34-16-6-2-7-17-34)30-40(29-37)50-46-23-13-11-21-42(46)44-32-36(25-27-48(44)50)35-24-26-47-43(31-35)41-20-10-12-22-45(41)49(47)39-18-8-3-9-19-39/h1-37H;1-32H/i;1D,2D,4D,5D,6D,7D,14D,15D,16D,17D. The Hall–Kier alpha value is -14.8. The summed E-state index contributed by atoms with van der Waals surface area (Å²) in [5.41, 5.74) is 23.4. The molecule has 532 valence electrons. The van der Waals surface area contributed by atoms with Crippen molar-refractivity contribution in [2.75, 3.05) is 0 Å². The monoisotopic (exact) mass is 1480 g/mol. The highest BCUT2D eigenvalue weighted by Gasteiger charge is 2.22. The molecule has 0 amide bonds. The summed E-state index contributed by atoms with van der Waals surface area (Å²) in [5.74, 6) is 0. The fraction of sp³-hybridized carbons (Fsp3) is 0. The van der Waals surface area contributed by atoms with E-state index in [1.165, 1.54) is 114 Å². The Kier molecular flexibility index (Phi) is 12.9. The number of thiophene rings is 1. The summed E-state index contributed by atoms with van der Waals surface area (Å²) in [6.07, 6.45) is 0. The van der Waals surface area contributed by atoms with Crippen LogP contribution in [0.4, 0.5) is 0 Å². The molecule has 6 heteroatoms. The van der Waals surface area contributed by atoms with E-state index >= 15 is 0 Å². The number of benzene rings is 18. The predicted octanol–water partition coefficient (Wildman–Crippen LogP) is 29.6. The maximum atomic E-state index is 8.84. The molecule has 0 aliphatic rings. The summed E-state index contributed by atoms with van der Waals surface area (Å²) in [5, 5.41) is 14.3. The van der Waals surface area contributed by atoms with E-state index in [9.17, 15) is 0 Å². The second kappa shape index (κ2) is 26.5. The Morgan fingerprint density at radius 2 is 0.465 bits per heavy atom. The second-order valence-electron chi connectivity index (χ2n) is 29.2. The topological polar surface area (TPSA) is 24.6 Å². The number of aromatic nitrogens is 5. The summed E-state index contributed by atoms with van der Waals surface area (Å²) >= 11 is 1.88. The molecule has 5 nitrogen and oxygen atoms in total. The molecule has 0 unspecified atom stereocenters. The number of fused-ring (bicyclic) bond motifs is 18. The average molecular weight is 1480 g/mol. The van der Waals surface area contributed by atoms with Crippen LogP contribution in [0, 0.1) is 0 Å². The van der Waals surface area contributed by atoms with Gasteiger partial charge in [-0.15, -0.1) is 11.3 Å². The fourth-order valence-electron chi connectivity index (χ4n) is 17.8. The van der Waals surface area contributed by atoms with Gasteiger partial charge in [-0.1, -0.05) is 261 Å². The molecule has 0 aliphatic heterocycles. The van der Waals surface area contributed by atoms with Gasteiger partial charge in [-0.25, -0.2) is 0 Å². The first-order chi connectivity index (χ1) is 60.7. The molecule has 0 aliphatic carbocycles. The van der Waals surface area contributed by atoms with Gasteiger partial charge >= 0.3 is 0 Å². The molecule has 0 fully saturated rings. The van der Waals surface area contributed by atoms with Crippen LogP contribution >= 0.6 is 11.3 Å². The summed E-state index contributed by atoms with van der Waals surface area (Å²) in [6.45, 7) is 0. The molecule has 0 spiro atoms. The van der Waals surface area contributed by atoms with Crippen LogP contribution < -0.4 is 0 Å². The van der Waals surface area contributed by atoms with Gasteiger partial charge in [0.1, 0.15) is 0 Å². The fourth-order valence-corrected chi connectivity index (χ4v) is 19.1. The molecule has 0 saturated carbocycles. The van der Waals surface area contributed by atoms with E-state index in [0.29, 0.717) is 5.69 Å². The summed E-state index contributed by atoms with van der Waals surface area (Å²) in [7, 11) is 0. The number of hydrogen-bond donors (Lipinski definition) is 0. The van der Waals surface area contributed by atoms with Crippen molar-refractivity contribution >= 4 is 141 Å². The maximum Gasteiger partial charge on any atom is 0.0629 e. The van der Waals surface area contributed by atoms with Crippen LogP contribution in [-0.4, -0.2) is 22.8 Å².